The van der Waals surface area contributed by atoms with Crippen LogP contribution in [0.4, 0.5) is 5.69 Å². The second-order valence-corrected chi connectivity index (χ2v) is 8.56. The summed E-state index contributed by atoms with van der Waals surface area (Å²) in [5.41, 5.74) is 2.64. The van der Waals surface area contributed by atoms with Gasteiger partial charge in [-0.2, -0.15) is 0 Å². The fourth-order valence-electron chi connectivity index (χ4n) is 3.56. The number of benzene rings is 3. The lowest BCUT2D eigenvalue weighted by Gasteiger charge is -2.18. The van der Waals surface area contributed by atoms with Gasteiger partial charge >= 0.3 is 0 Å². The van der Waals surface area contributed by atoms with Gasteiger partial charge in [0, 0.05) is 5.56 Å². The largest absolute Gasteiger partial charge is 0.496 e. The lowest BCUT2D eigenvalue weighted by Crippen LogP contribution is -2.30. The molecular formula is C26H23BrN2O4S. The molecule has 0 radical (unpaired) electrons. The van der Waals surface area contributed by atoms with E-state index in [1.165, 1.54) is 4.90 Å². The number of thiocarbonyl (C=S) groups is 1. The van der Waals surface area contributed by atoms with Crippen LogP contribution in [0.25, 0.3) is 6.08 Å². The number of anilines is 1. The van der Waals surface area contributed by atoms with Gasteiger partial charge in [0.25, 0.3) is 5.91 Å². The van der Waals surface area contributed by atoms with Crippen LogP contribution in [0.3, 0.4) is 0 Å². The minimum atomic E-state index is -0.251. The van der Waals surface area contributed by atoms with E-state index in [1.54, 1.807) is 13.2 Å². The maximum atomic E-state index is 13.2. The van der Waals surface area contributed by atoms with Crippen LogP contribution >= 0.6 is 28.1 Å². The minimum Gasteiger partial charge on any atom is -0.496 e. The molecule has 3 aromatic rings. The summed E-state index contributed by atoms with van der Waals surface area (Å²) < 4.78 is 18.0. The van der Waals surface area contributed by atoms with E-state index in [1.807, 2.05) is 73.7 Å². The van der Waals surface area contributed by atoms with E-state index in [9.17, 15) is 4.79 Å². The first-order valence-electron chi connectivity index (χ1n) is 10.6. The Labute approximate surface area is 212 Å². The molecule has 8 heteroatoms. The van der Waals surface area contributed by atoms with E-state index in [4.69, 9.17) is 26.4 Å². The van der Waals surface area contributed by atoms with Crippen LogP contribution in [0, 0.1) is 0 Å². The molecule has 34 heavy (non-hydrogen) atoms. The molecular weight excluding hydrogens is 516 g/mol. The SMILES string of the molecule is CCOc1ccccc1N1C(=O)/C(=C\c2ccc(OC)c(COc3ccccc3Br)c2)NC1=S. The Morgan fingerprint density at radius 2 is 1.74 bits per heavy atom. The quantitative estimate of drug-likeness (QED) is 0.293. The molecule has 1 aliphatic heterocycles. The number of nitrogens with one attached hydrogen (secondary N) is 1. The smallest absolute Gasteiger partial charge is 0.281 e. The number of para-hydroxylation sites is 3. The van der Waals surface area contributed by atoms with Crippen molar-refractivity contribution in [3.8, 4) is 17.2 Å². The third kappa shape index (κ3) is 5.08. The highest BCUT2D eigenvalue weighted by atomic mass is 79.9. The number of carbonyl (C=O) groups is 1. The zero-order chi connectivity index (χ0) is 24.1. The van der Waals surface area contributed by atoms with Crippen molar-refractivity contribution in [1.82, 2.24) is 5.32 Å². The zero-order valence-corrected chi connectivity index (χ0v) is 21.1. The van der Waals surface area contributed by atoms with Gasteiger partial charge in [-0.05, 0) is 83.1 Å². The van der Waals surface area contributed by atoms with Gasteiger partial charge in [-0.15, -0.1) is 0 Å². The molecule has 1 N–H and O–H groups in total. The maximum absolute atomic E-state index is 13.2. The predicted octanol–water partition coefficient (Wildman–Crippen LogP) is 5.70. The average Bonchev–Trinajstić information content (AvgIpc) is 3.11. The molecule has 1 heterocycles. The van der Waals surface area contributed by atoms with Crippen LogP contribution in [-0.2, 0) is 11.4 Å². The highest BCUT2D eigenvalue weighted by Gasteiger charge is 2.33. The van der Waals surface area contributed by atoms with Crippen molar-refractivity contribution in [3.63, 3.8) is 0 Å². The molecule has 0 saturated carbocycles. The predicted molar refractivity (Wildman–Crippen MR) is 140 cm³/mol. The summed E-state index contributed by atoms with van der Waals surface area (Å²) in [5.74, 6) is 1.77. The Morgan fingerprint density at radius 1 is 1.00 bits per heavy atom. The van der Waals surface area contributed by atoms with Gasteiger partial charge < -0.3 is 19.5 Å². The molecule has 0 unspecified atom stereocenters. The lowest BCUT2D eigenvalue weighted by molar-refractivity contribution is -0.113. The molecule has 6 nitrogen and oxygen atoms in total. The Bertz CT molecular complexity index is 1260. The standard InChI is InChI=1S/C26H23BrN2O4S/c1-3-32-24-11-7-5-9-21(24)29-25(30)20(28-26(29)34)15-17-12-13-22(31-2)18(14-17)16-33-23-10-6-4-8-19(23)27/h4-15H,3,16H2,1-2H3,(H,28,34)/b20-15+. The summed E-state index contributed by atoms with van der Waals surface area (Å²) in [6.45, 7) is 2.68. The molecule has 1 saturated heterocycles. The van der Waals surface area contributed by atoms with E-state index in [-0.39, 0.29) is 5.91 Å². The Hall–Kier alpha value is -3.36. The fraction of sp³-hybridized carbons (Fsp3) is 0.154. The number of amides is 1. The first kappa shape index (κ1) is 23.8. The van der Waals surface area contributed by atoms with Crippen LogP contribution < -0.4 is 24.4 Å². The van der Waals surface area contributed by atoms with Gasteiger partial charge in [0.1, 0.15) is 29.6 Å². The number of hydrogen-bond donors (Lipinski definition) is 1. The molecule has 174 valence electrons. The van der Waals surface area contributed by atoms with Crippen molar-refractivity contribution in [3.05, 3.63) is 88.0 Å². The van der Waals surface area contributed by atoms with Gasteiger partial charge in [0.15, 0.2) is 5.11 Å². The van der Waals surface area contributed by atoms with Crippen molar-refractivity contribution in [2.75, 3.05) is 18.6 Å². The molecule has 1 fully saturated rings. The van der Waals surface area contributed by atoms with E-state index >= 15 is 0 Å². The third-order valence-electron chi connectivity index (χ3n) is 5.12. The topological polar surface area (TPSA) is 60.0 Å². The minimum absolute atomic E-state index is 0.251. The van der Waals surface area contributed by atoms with Crippen LogP contribution in [0.15, 0.2) is 76.9 Å². The molecule has 4 rings (SSSR count). The van der Waals surface area contributed by atoms with Crippen molar-refractivity contribution >= 4 is 50.9 Å². The normalized spacial score (nSPS) is 14.3. The molecule has 0 bridgehead atoms. The summed E-state index contributed by atoms with van der Waals surface area (Å²) >= 11 is 8.96. The number of nitrogens with zero attached hydrogens (tertiary/aromatic N) is 1. The van der Waals surface area contributed by atoms with Crippen molar-refractivity contribution in [2.45, 2.75) is 13.5 Å². The molecule has 1 aliphatic rings. The molecule has 0 spiro atoms. The van der Waals surface area contributed by atoms with Crippen molar-refractivity contribution in [1.29, 1.82) is 0 Å². The number of rotatable bonds is 8. The third-order valence-corrected chi connectivity index (χ3v) is 6.06. The first-order valence-corrected chi connectivity index (χ1v) is 11.8. The van der Waals surface area contributed by atoms with Gasteiger partial charge in [-0.3, -0.25) is 4.79 Å². The summed E-state index contributed by atoms with van der Waals surface area (Å²) in [6.07, 6.45) is 1.76. The Morgan fingerprint density at radius 3 is 2.47 bits per heavy atom. The number of carbonyl (C=O) groups excluding carboxylic acids is 1. The van der Waals surface area contributed by atoms with Gasteiger partial charge in [0.05, 0.1) is 23.9 Å². The summed E-state index contributed by atoms with van der Waals surface area (Å²) in [5, 5.41) is 3.33. The van der Waals surface area contributed by atoms with E-state index < -0.39 is 0 Å². The molecule has 0 aliphatic carbocycles. The maximum Gasteiger partial charge on any atom is 0.281 e. The van der Waals surface area contributed by atoms with Crippen LogP contribution in [0.1, 0.15) is 18.1 Å². The summed E-state index contributed by atoms with van der Waals surface area (Å²) in [7, 11) is 1.61. The fourth-order valence-corrected chi connectivity index (χ4v) is 4.25. The van der Waals surface area contributed by atoms with Gasteiger partial charge in [-0.25, -0.2) is 4.90 Å². The van der Waals surface area contributed by atoms with Gasteiger partial charge in [-0.1, -0.05) is 30.3 Å². The summed E-state index contributed by atoms with van der Waals surface area (Å²) in [6, 6.07) is 20.6. The number of halogens is 1. The Balaban J connectivity index is 1.59. The van der Waals surface area contributed by atoms with Gasteiger partial charge in [0.2, 0.25) is 0 Å². The van der Waals surface area contributed by atoms with E-state index in [2.05, 4.69) is 21.2 Å². The lowest BCUT2D eigenvalue weighted by atomic mass is 10.1. The average molecular weight is 539 g/mol. The summed E-state index contributed by atoms with van der Waals surface area (Å²) in [4.78, 5) is 14.7. The highest BCUT2D eigenvalue weighted by molar-refractivity contribution is 9.10. The van der Waals surface area contributed by atoms with E-state index in [0.717, 1.165) is 21.3 Å². The van der Waals surface area contributed by atoms with E-state index in [0.29, 0.717) is 41.2 Å². The van der Waals surface area contributed by atoms with Crippen LogP contribution in [0.2, 0.25) is 0 Å². The van der Waals surface area contributed by atoms with Crippen molar-refractivity contribution < 1.29 is 19.0 Å². The number of hydrogen-bond acceptors (Lipinski definition) is 5. The second kappa shape index (κ2) is 10.7. The first-order chi connectivity index (χ1) is 16.5. The number of ether oxygens (including phenoxy) is 3. The van der Waals surface area contributed by atoms with Crippen LogP contribution in [0.5, 0.6) is 17.2 Å². The molecule has 0 aromatic heterocycles. The monoisotopic (exact) mass is 538 g/mol. The molecule has 0 atom stereocenters. The molecule has 3 aromatic carbocycles. The Kier molecular flexibility index (Phi) is 7.49. The molecule has 1 amide bonds. The zero-order valence-electron chi connectivity index (χ0n) is 18.7. The highest BCUT2D eigenvalue weighted by Crippen LogP contribution is 2.32. The van der Waals surface area contributed by atoms with Crippen LogP contribution in [-0.4, -0.2) is 24.7 Å². The second-order valence-electron chi connectivity index (χ2n) is 7.32. The number of methoxy groups -OCH3 is 1. The van der Waals surface area contributed by atoms with Crippen molar-refractivity contribution in [2.24, 2.45) is 0 Å².